The van der Waals surface area contributed by atoms with E-state index in [2.05, 4.69) is 21.7 Å². The van der Waals surface area contributed by atoms with E-state index in [0.29, 0.717) is 47.8 Å². The number of aromatic nitrogens is 1. The molecule has 0 amide bonds. The first-order valence-electron chi connectivity index (χ1n) is 11.2. The summed E-state index contributed by atoms with van der Waals surface area (Å²) in [7, 11) is 1.57. The third-order valence-electron chi connectivity index (χ3n) is 6.39. The number of nitrogens with zero attached hydrogens (tertiary/aromatic N) is 2. The molecule has 1 aliphatic heterocycles. The quantitative estimate of drug-likeness (QED) is 0.414. The molecule has 3 atom stereocenters. The Hall–Kier alpha value is -2.66. The molecule has 4 rings (SSSR count). The molecule has 1 fully saturated rings. The number of hydrogen-bond donors (Lipinski definition) is 1. The number of methoxy groups -OCH3 is 1. The molecule has 1 saturated heterocycles. The lowest BCUT2D eigenvalue weighted by Gasteiger charge is -2.35. The van der Waals surface area contributed by atoms with Gasteiger partial charge in [0.2, 0.25) is 0 Å². The maximum atomic E-state index is 15.3. The third-order valence-corrected chi connectivity index (χ3v) is 7.65. The van der Waals surface area contributed by atoms with Crippen molar-refractivity contribution in [3.63, 3.8) is 0 Å². The Bertz CT molecular complexity index is 1220. The van der Waals surface area contributed by atoms with E-state index in [1.165, 1.54) is 11.3 Å². The van der Waals surface area contributed by atoms with Gasteiger partial charge in [0.25, 0.3) is 0 Å². The minimum absolute atomic E-state index is 0.0747. The minimum atomic E-state index is -1.20. The molecule has 1 aliphatic rings. The molecule has 0 bridgehead atoms. The fourth-order valence-corrected chi connectivity index (χ4v) is 5.48. The van der Waals surface area contributed by atoms with Crippen LogP contribution in [-0.4, -0.2) is 47.7 Å². The minimum Gasteiger partial charge on any atom is -0.497 e. The van der Waals surface area contributed by atoms with Gasteiger partial charge in [-0.15, -0.1) is 11.3 Å². The van der Waals surface area contributed by atoms with E-state index in [-0.39, 0.29) is 12.3 Å². The number of carboxylic acid groups (broad SMARTS) is 1. The summed E-state index contributed by atoms with van der Waals surface area (Å²) in [4.78, 5) is 19.2. The van der Waals surface area contributed by atoms with E-state index in [1.54, 1.807) is 31.5 Å². The van der Waals surface area contributed by atoms with Crippen LogP contribution in [0.3, 0.4) is 0 Å². The van der Waals surface area contributed by atoms with E-state index in [0.717, 1.165) is 16.8 Å². The lowest BCUT2D eigenvalue weighted by molar-refractivity contribution is -0.146. The lowest BCUT2D eigenvalue weighted by atomic mass is 9.81. The first-order chi connectivity index (χ1) is 16.5. The molecular formula is C26H26ClFN2O3S. The van der Waals surface area contributed by atoms with Crippen molar-refractivity contribution in [1.29, 1.82) is 0 Å². The first kappa shape index (κ1) is 24.5. The fraction of sp³-hybridized carbons (Fsp3) is 0.385. The fourth-order valence-electron chi connectivity index (χ4n) is 4.51. The van der Waals surface area contributed by atoms with E-state index >= 15 is 4.39 Å². The van der Waals surface area contributed by atoms with Gasteiger partial charge in [0.05, 0.1) is 35.0 Å². The van der Waals surface area contributed by atoms with Crippen LogP contribution in [0.1, 0.15) is 35.9 Å². The number of benzene rings is 1. The predicted octanol–water partition coefficient (Wildman–Crippen LogP) is 5.82. The van der Waals surface area contributed by atoms with Gasteiger partial charge < -0.3 is 9.84 Å². The molecule has 2 aromatic heterocycles. The number of pyridine rings is 1. The van der Waals surface area contributed by atoms with Crippen LogP contribution in [0.2, 0.25) is 5.02 Å². The Morgan fingerprint density at radius 3 is 3.00 bits per heavy atom. The smallest absolute Gasteiger partial charge is 0.308 e. The summed E-state index contributed by atoms with van der Waals surface area (Å²) < 4.78 is 20.6. The average Bonchev–Trinajstić information content (AvgIpc) is 3.26. The lowest BCUT2D eigenvalue weighted by Crippen LogP contribution is -2.44. The summed E-state index contributed by atoms with van der Waals surface area (Å²) in [6, 6.07) is 8.92. The van der Waals surface area contributed by atoms with Gasteiger partial charge in [0.1, 0.15) is 11.9 Å². The molecule has 0 spiro atoms. The number of piperidine rings is 1. The maximum absolute atomic E-state index is 15.3. The highest BCUT2D eigenvalue weighted by Crippen LogP contribution is 2.35. The van der Waals surface area contributed by atoms with Gasteiger partial charge in [0.15, 0.2) is 0 Å². The molecule has 0 radical (unpaired) electrons. The highest BCUT2D eigenvalue weighted by atomic mass is 35.5. The Morgan fingerprint density at radius 2 is 2.26 bits per heavy atom. The van der Waals surface area contributed by atoms with Crippen molar-refractivity contribution < 1.29 is 19.0 Å². The molecule has 3 heterocycles. The Balaban J connectivity index is 1.38. The Kier molecular flexibility index (Phi) is 8.04. The van der Waals surface area contributed by atoms with Crippen LogP contribution in [0.5, 0.6) is 5.75 Å². The number of ether oxygens (including phenoxy) is 1. The highest BCUT2D eigenvalue weighted by Gasteiger charge is 2.34. The molecule has 5 nitrogen and oxygen atoms in total. The number of carbonyl (C=O) groups is 1. The Morgan fingerprint density at radius 1 is 1.41 bits per heavy atom. The monoisotopic (exact) mass is 500 g/mol. The van der Waals surface area contributed by atoms with Crippen LogP contribution in [-0.2, 0) is 4.79 Å². The number of rotatable bonds is 7. The van der Waals surface area contributed by atoms with Gasteiger partial charge >= 0.3 is 5.97 Å². The number of likely N-dealkylation sites (tertiary alicyclic amines) is 1. The van der Waals surface area contributed by atoms with Crippen LogP contribution in [0.15, 0.2) is 41.9 Å². The van der Waals surface area contributed by atoms with Crippen molar-refractivity contribution in [2.45, 2.75) is 25.4 Å². The number of halogens is 2. The van der Waals surface area contributed by atoms with Gasteiger partial charge in [-0.3, -0.25) is 14.7 Å². The summed E-state index contributed by atoms with van der Waals surface area (Å²) in [5, 5.41) is 13.1. The number of alkyl halides is 1. The SMILES string of the molecule is COc1ccc2nccc([C@@H](F)CC[C@@H]3CCN(CC#Cc4sccc4Cl)C[C@@H]3C(=O)O)c2c1. The predicted molar refractivity (Wildman–Crippen MR) is 133 cm³/mol. The largest absolute Gasteiger partial charge is 0.497 e. The molecule has 0 aliphatic carbocycles. The van der Waals surface area contributed by atoms with Crippen molar-refractivity contribution in [1.82, 2.24) is 9.88 Å². The van der Waals surface area contributed by atoms with Crippen molar-refractivity contribution >= 4 is 39.8 Å². The Labute approximate surface area is 207 Å². The van der Waals surface area contributed by atoms with Crippen molar-refractivity contribution in [3.05, 3.63) is 57.4 Å². The summed E-state index contributed by atoms with van der Waals surface area (Å²) in [5.74, 6) is 5.36. The summed E-state index contributed by atoms with van der Waals surface area (Å²) in [6.45, 7) is 1.65. The second kappa shape index (κ2) is 11.2. The molecule has 0 saturated carbocycles. The van der Waals surface area contributed by atoms with Crippen LogP contribution in [0.25, 0.3) is 10.9 Å². The second-order valence-electron chi connectivity index (χ2n) is 8.46. The van der Waals surface area contributed by atoms with E-state index in [9.17, 15) is 9.90 Å². The second-order valence-corrected chi connectivity index (χ2v) is 9.78. The highest BCUT2D eigenvalue weighted by molar-refractivity contribution is 7.11. The van der Waals surface area contributed by atoms with Crippen LogP contribution >= 0.6 is 22.9 Å². The van der Waals surface area contributed by atoms with Crippen LogP contribution < -0.4 is 4.74 Å². The van der Waals surface area contributed by atoms with Gasteiger partial charge in [0, 0.05) is 18.1 Å². The zero-order valence-electron chi connectivity index (χ0n) is 18.8. The molecule has 8 heteroatoms. The van der Waals surface area contributed by atoms with Crippen molar-refractivity contribution in [3.8, 4) is 17.6 Å². The number of hydrogen-bond acceptors (Lipinski definition) is 5. The molecule has 1 N–H and O–H groups in total. The number of fused-ring (bicyclic) bond motifs is 1. The maximum Gasteiger partial charge on any atom is 0.308 e. The molecular weight excluding hydrogens is 475 g/mol. The van der Waals surface area contributed by atoms with E-state index < -0.39 is 18.1 Å². The zero-order valence-corrected chi connectivity index (χ0v) is 20.4. The first-order valence-corrected chi connectivity index (χ1v) is 12.5. The van der Waals surface area contributed by atoms with Crippen molar-refractivity contribution in [2.24, 2.45) is 11.8 Å². The van der Waals surface area contributed by atoms with Crippen LogP contribution in [0, 0.1) is 23.7 Å². The topological polar surface area (TPSA) is 62.7 Å². The van der Waals surface area contributed by atoms with E-state index in [1.807, 2.05) is 17.5 Å². The standard InChI is InChI=1S/C26H26ClFN2O3S/c1-33-18-5-7-24-20(15-18)19(8-11-29-24)23(28)6-4-17-9-13-30(16-21(17)26(31)32)12-2-3-25-22(27)10-14-34-25/h5,7-8,10-11,14-15,17,21,23H,4,6,9,12-13,16H2,1H3,(H,31,32)/t17-,21+,23+/m1/s1. The molecule has 0 unspecified atom stereocenters. The van der Waals surface area contributed by atoms with Crippen LogP contribution in [0.4, 0.5) is 4.39 Å². The summed E-state index contributed by atoms with van der Waals surface area (Å²) >= 11 is 7.56. The van der Waals surface area contributed by atoms with Gasteiger partial charge in [-0.25, -0.2) is 4.39 Å². The molecule has 1 aromatic carbocycles. The summed E-state index contributed by atoms with van der Waals surface area (Å²) in [6.07, 6.45) is 1.89. The van der Waals surface area contributed by atoms with E-state index in [4.69, 9.17) is 16.3 Å². The zero-order chi connectivity index (χ0) is 24.1. The molecule has 178 valence electrons. The third kappa shape index (κ3) is 5.69. The average molecular weight is 501 g/mol. The van der Waals surface area contributed by atoms with Crippen molar-refractivity contribution in [2.75, 3.05) is 26.7 Å². The number of carboxylic acids is 1. The van der Waals surface area contributed by atoms with Gasteiger partial charge in [-0.2, -0.15) is 0 Å². The van der Waals surface area contributed by atoms with Gasteiger partial charge in [-0.1, -0.05) is 23.4 Å². The number of thiophene rings is 1. The summed E-state index contributed by atoms with van der Waals surface area (Å²) in [5.41, 5.74) is 1.28. The molecule has 3 aromatic rings. The molecule has 34 heavy (non-hydrogen) atoms. The van der Waals surface area contributed by atoms with Gasteiger partial charge in [-0.05, 0) is 73.0 Å². The number of aliphatic carboxylic acids is 1. The normalized spacial score (nSPS) is 19.4.